The van der Waals surface area contributed by atoms with Crippen molar-refractivity contribution in [2.24, 2.45) is 7.05 Å². The first kappa shape index (κ1) is 15.9. The Balaban J connectivity index is 1.80. The van der Waals surface area contributed by atoms with Crippen molar-refractivity contribution in [3.8, 4) is 0 Å². The van der Waals surface area contributed by atoms with Crippen molar-refractivity contribution in [2.45, 2.75) is 39.4 Å². The molecular weight excluding hydrogens is 268 g/mol. The maximum atomic E-state index is 12.0. The Kier molecular flexibility index (Phi) is 5.30. The van der Waals surface area contributed by atoms with Gasteiger partial charge in [-0.3, -0.25) is 19.3 Å². The zero-order chi connectivity index (χ0) is 15.4. The van der Waals surface area contributed by atoms with Crippen molar-refractivity contribution in [1.29, 1.82) is 0 Å². The van der Waals surface area contributed by atoms with Crippen molar-refractivity contribution in [2.75, 3.05) is 26.2 Å². The molecule has 1 atom stereocenters. The minimum Gasteiger partial charge on any atom is -0.353 e. The standard InChI is InChI=1S/C14H26N6O/c1-11(2)17-14(21)12(3)20-7-5-19(6-8-20)9-13-15-10-16-18(13)4/h10-12H,5-9H2,1-4H3,(H,17,21). The number of aryl methyl sites for hydroxylation is 1. The second-order valence-electron chi connectivity index (χ2n) is 5.95. The van der Waals surface area contributed by atoms with Crippen LogP contribution >= 0.6 is 0 Å². The fraction of sp³-hybridized carbons (Fsp3) is 0.786. The van der Waals surface area contributed by atoms with E-state index in [1.165, 1.54) is 0 Å². The molecular formula is C14H26N6O. The molecule has 1 N–H and O–H groups in total. The Morgan fingerprint density at radius 3 is 2.48 bits per heavy atom. The van der Waals surface area contributed by atoms with Gasteiger partial charge in [0, 0.05) is 39.3 Å². The third-order valence-electron chi connectivity index (χ3n) is 3.94. The molecule has 1 aliphatic heterocycles. The molecule has 0 radical (unpaired) electrons. The molecule has 7 heteroatoms. The minimum atomic E-state index is -0.0654. The lowest BCUT2D eigenvalue weighted by molar-refractivity contribution is -0.127. The van der Waals surface area contributed by atoms with Gasteiger partial charge in [0.05, 0.1) is 12.6 Å². The summed E-state index contributed by atoms with van der Waals surface area (Å²) in [6.07, 6.45) is 1.59. The van der Waals surface area contributed by atoms with E-state index in [4.69, 9.17) is 0 Å². The molecule has 2 heterocycles. The number of amides is 1. The molecule has 1 fully saturated rings. The second-order valence-corrected chi connectivity index (χ2v) is 5.95. The van der Waals surface area contributed by atoms with E-state index >= 15 is 0 Å². The number of nitrogens with one attached hydrogen (secondary N) is 1. The first-order valence-corrected chi connectivity index (χ1v) is 7.57. The van der Waals surface area contributed by atoms with Crippen LogP contribution < -0.4 is 5.32 Å². The number of hydrogen-bond acceptors (Lipinski definition) is 5. The van der Waals surface area contributed by atoms with Crippen molar-refractivity contribution in [3.63, 3.8) is 0 Å². The summed E-state index contributed by atoms with van der Waals surface area (Å²) in [5.41, 5.74) is 0. The Morgan fingerprint density at radius 2 is 1.95 bits per heavy atom. The molecule has 1 amide bonds. The van der Waals surface area contributed by atoms with Gasteiger partial charge >= 0.3 is 0 Å². The molecule has 7 nitrogen and oxygen atoms in total. The zero-order valence-electron chi connectivity index (χ0n) is 13.4. The van der Waals surface area contributed by atoms with Crippen LogP contribution in [0.15, 0.2) is 6.33 Å². The van der Waals surface area contributed by atoms with E-state index in [9.17, 15) is 4.79 Å². The van der Waals surface area contributed by atoms with Gasteiger partial charge in [-0.1, -0.05) is 0 Å². The van der Waals surface area contributed by atoms with E-state index in [1.807, 2.05) is 32.5 Å². The van der Waals surface area contributed by atoms with Gasteiger partial charge in [-0.2, -0.15) is 5.10 Å². The number of aromatic nitrogens is 3. The molecule has 1 unspecified atom stereocenters. The van der Waals surface area contributed by atoms with Gasteiger partial charge in [-0.15, -0.1) is 0 Å². The quantitative estimate of drug-likeness (QED) is 0.818. The third kappa shape index (κ3) is 4.25. The molecule has 0 saturated carbocycles. The summed E-state index contributed by atoms with van der Waals surface area (Å²) in [7, 11) is 1.91. The number of carbonyl (C=O) groups is 1. The molecule has 1 aliphatic rings. The molecule has 0 bridgehead atoms. The number of piperazine rings is 1. The molecule has 0 aliphatic carbocycles. The maximum Gasteiger partial charge on any atom is 0.237 e. The lowest BCUT2D eigenvalue weighted by Crippen LogP contribution is -2.54. The van der Waals surface area contributed by atoms with Gasteiger partial charge in [0.1, 0.15) is 12.2 Å². The average Bonchev–Trinajstić information content (AvgIpc) is 2.83. The largest absolute Gasteiger partial charge is 0.353 e. The van der Waals surface area contributed by atoms with Gasteiger partial charge in [0.15, 0.2) is 0 Å². The highest BCUT2D eigenvalue weighted by Crippen LogP contribution is 2.09. The van der Waals surface area contributed by atoms with E-state index in [-0.39, 0.29) is 18.0 Å². The summed E-state index contributed by atoms with van der Waals surface area (Å²) in [5, 5.41) is 7.07. The fourth-order valence-corrected chi connectivity index (χ4v) is 2.54. The predicted molar refractivity (Wildman–Crippen MR) is 80.6 cm³/mol. The Morgan fingerprint density at radius 1 is 1.29 bits per heavy atom. The summed E-state index contributed by atoms with van der Waals surface area (Å²) >= 11 is 0. The van der Waals surface area contributed by atoms with Crippen molar-refractivity contribution in [3.05, 3.63) is 12.2 Å². The van der Waals surface area contributed by atoms with Crippen LogP contribution in [-0.2, 0) is 18.4 Å². The summed E-state index contributed by atoms with van der Waals surface area (Å²) in [4.78, 5) is 20.9. The zero-order valence-corrected chi connectivity index (χ0v) is 13.4. The number of rotatable bonds is 5. The highest BCUT2D eigenvalue weighted by atomic mass is 16.2. The van der Waals surface area contributed by atoms with Crippen LogP contribution in [0, 0.1) is 0 Å². The lowest BCUT2D eigenvalue weighted by atomic mass is 10.2. The topological polar surface area (TPSA) is 66.3 Å². The van der Waals surface area contributed by atoms with Gasteiger partial charge in [-0.05, 0) is 20.8 Å². The van der Waals surface area contributed by atoms with Gasteiger partial charge < -0.3 is 5.32 Å². The number of nitrogens with zero attached hydrogens (tertiary/aromatic N) is 5. The summed E-state index contributed by atoms with van der Waals surface area (Å²) in [6.45, 7) is 10.5. The predicted octanol–water partition coefficient (Wildman–Crippen LogP) is -0.154. The molecule has 1 aromatic rings. The van der Waals surface area contributed by atoms with Crippen LogP contribution in [0.3, 0.4) is 0 Å². The Bertz CT molecular complexity index is 464. The smallest absolute Gasteiger partial charge is 0.237 e. The maximum absolute atomic E-state index is 12.0. The molecule has 2 rings (SSSR count). The molecule has 1 aromatic heterocycles. The molecule has 0 aromatic carbocycles. The van der Waals surface area contributed by atoms with Gasteiger partial charge in [-0.25, -0.2) is 4.98 Å². The Hall–Kier alpha value is -1.47. The highest BCUT2D eigenvalue weighted by molar-refractivity contribution is 5.81. The summed E-state index contributed by atoms with van der Waals surface area (Å²) in [6, 6.07) is 0.126. The van der Waals surface area contributed by atoms with Crippen LogP contribution in [0.1, 0.15) is 26.6 Å². The second kappa shape index (κ2) is 7.00. The molecule has 118 valence electrons. The van der Waals surface area contributed by atoms with E-state index in [0.29, 0.717) is 0 Å². The van der Waals surface area contributed by atoms with E-state index < -0.39 is 0 Å². The summed E-state index contributed by atoms with van der Waals surface area (Å²) < 4.78 is 1.81. The van der Waals surface area contributed by atoms with E-state index in [1.54, 1.807) is 6.33 Å². The highest BCUT2D eigenvalue weighted by Gasteiger charge is 2.26. The molecule has 0 spiro atoms. The van der Waals surface area contributed by atoms with Crippen LogP contribution in [0.5, 0.6) is 0 Å². The lowest BCUT2D eigenvalue weighted by Gasteiger charge is -2.37. The molecule has 1 saturated heterocycles. The van der Waals surface area contributed by atoms with E-state index in [2.05, 4.69) is 25.2 Å². The van der Waals surface area contributed by atoms with Crippen molar-refractivity contribution in [1.82, 2.24) is 29.9 Å². The minimum absolute atomic E-state index is 0.0654. The third-order valence-corrected chi connectivity index (χ3v) is 3.94. The Labute approximate surface area is 126 Å². The number of carbonyl (C=O) groups excluding carboxylic acids is 1. The van der Waals surface area contributed by atoms with Crippen LogP contribution in [-0.4, -0.2) is 68.7 Å². The SMILES string of the molecule is CC(C)NC(=O)C(C)N1CCN(Cc2ncnn2C)CC1. The van der Waals surface area contributed by atoms with Crippen LogP contribution in [0.2, 0.25) is 0 Å². The number of hydrogen-bond donors (Lipinski definition) is 1. The fourth-order valence-electron chi connectivity index (χ4n) is 2.54. The first-order chi connectivity index (χ1) is 9.97. The van der Waals surface area contributed by atoms with Crippen LogP contribution in [0.4, 0.5) is 0 Å². The van der Waals surface area contributed by atoms with Crippen molar-refractivity contribution < 1.29 is 4.79 Å². The first-order valence-electron chi connectivity index (χ1n) is 7.57. The monoisotopic (exact) mass is 294 g/mol. The van der Waals surface area contributed by atoms with Gasteiger partial charge in [0.25, 0.3) is 0 Å². The molecule has 21 heavy (non-hydrogen) atoms. The summed E-state index contributed by atoms with van der Waals surface area (Å²) in [5.74, 6) is 1.10. The van der Waals surface area contributed by atoms with Crippen LogP contribution in [0.25, 0.3) is 0 Å². The van der Waals surface area contributed by atoms with E-state index in [0.717, 1.165) is 38.5 Å². The van der Waals surface area contributed by atoms with Gasteiger partial charge in [0.2, 0.25) is 5.91 Å². The average molecular weight is 294 g/mol. The van der Waals surface area contributed by atoms with Crippen molar-refractivity contribution >= 4 is 5.91 Å². The normalized spacial score (nSPS) is 18.9.